The molecule has 4 nitrogen and oxygen atoms in total. The highest BCUT2D eigenvalue weighted by atomic mass is 16.2. The third-order valence-corrected chi connectivity index (χ3v) is 2.19. The summed E-state index contributed by atoms with van der Waals surface area (Å²) in [7, 11) is 0. The molecule has 2 N–H and O–H groups in total. The van der Waals surface area contributed by atoms with Crippen molar-refractivity contribution in [3.63, 3.8) is 0 Å². The average Bonchev–Trinajstić information content (AvgIpc) is 2.48. The number of para-hydroxylation sites is 1. The maximum absolute atomic E-state index is 11.5. The quantitative estimate of drug-likeness (QED) is 0.811. The van der Waals surface area contributed by atoms with Crippen molar-refractivity contribution >= 4 is 17.5 Å². The van der Waals surface area contributed by atoms with E-state index in [1.165, 1.54) is 0 Å². The Labute approximate surface area is 121 Å². The first-order chi connectivity index (χ1) is 9.72. The summed E-state index contributed by atoms with van der Waals surface area (Å²) in [4.78, 5) is 22.8. The van der Waals surface area contributed by atoms with Gasteiger partial charge in [0.15, 0.2) is 0 Å². The highest BCUT2D eigenvalue weighted by Crippen LogP contribution is 2.05. The molecule has 0 unspecified atom stereocenters. The van der Waals surface area contributed by atoms with Crippen molar-refractivity contribution in [3.05, 3.63) is 30.3 Å². The van der Waals surface area contributed by atoms with Gasteiger partial charge in [0, 0.05) is 18.5 Å². The number of hydrogen-bond donors (Lipinski definition) is 2. The Morgan fingerprint density at radius 2 is 1.65 bits per heavy atom. The molecule has 0 heterocycles. The minimum absolute atomic E-state index is 0.166. The smallest absolute Gasteiger partial charge is 0.224 e. The molecule has 0 aliphatic rings. The van der Waals surface area contributed by atoms with E-state index in [0.717, 1.165) is 5.69 Å². The fourth-order valence-electron chi connectivity index (χ4n) is 1.29. The van der Waals surface area contributed by atoms with Crippen molar-refractivity contribution in [2.45, 2.75) is 33.6 Å². The first kappa shape index (κ1) is 17.7. The number of carbonyl (C=O) groups excluding carboxylic acids is 2. The lowest BCUT2D eigenvalue weighted by Gasteiger charge is -2.04. The second-order valence-corrected chi connectivity index (χ2v) is 3.62. The zero-order chi connectivity index (χ0) is 15.2. The van der Waals surface area contributed by atoms with Crippen LogP contribution in [0.4, 0.5) is 5.69 Å². The Balaban J connectivity index is 0.00000172. The number of hydrogen-bond acceptors (Lipinski definition) is 2. The summed E-state index contributed by atoms with van der Waals surface area (Å²) in [5.41, 5.74) is 0.736. The van der Waals surface area contributed by atoms with Gasteiger partial charge in [-0.15, -0.1) is 5.92 Å². The molecule has 0 radical (unpaired) electrons. The van der Waals surface area contributed by atoms with Crippen LogP contribution in [0.3, 0.4) is 0 Å². The van der Waals surface area contributed by atoms with Crippen molar-refractivity contribution < 1.29 is 9.59 Å². The molecule has 108 valence electrons. The molecule has 0 bridgehead atoms. The predicted molar refractivity (Wildman–Crippen MR) is 82.1 cm³/mol. The summed E-state index contributed by atoms with van der Waals surface area (Å²) in [6.07, 6.45) is 0.338. The molecule has 0 spiro atoms. The molecule has 0 aliphatic carbocycles. The minimum atomic E-state index is -0.169. The zero-order valence-corrected chi connectivity index (χ0v) is 12.3. The Hall–Kier alpha value is -2.28. The Morgan fingerprint density at radius 3 is 2.25 bits per heavy atom. The van der Waals surface area contributed by atoms with Gasteiger partial charge in [0.05, 0.1) is 6.54 Å². The van der Waals surface area contributed by atoms with Gasteiger partial charge in [-0.1, -0.05) is 38.0 Å². The Bertz CT molecular complexity index is 458. The van der Waals surface area contributed by atoms with Crippen molar-refractivity contribution in [1.29, 1.82) is 0 Å². The molecule has 0 fully saturated rings. The van der Waals surface area contributed by atoms with Crippen molar-refractivity contribution in [3.8, 4) is 11.8 Å². The van der Waals surface area contributed by atoms with Crippen molar-refractivity contribution in [2.24, 2.45) is 0 Å². The van der Waals surface area contributed by atoms with Crippen LogP contribution in [0.5, 0.6) is 0 Å². The van der Waals surface area contributed by atoms with Crippen molar-refractivity contribution in [1.82, 2.24) is 5.32 Å². The van der Waals surface area contributed by atoms with Gasteiger partial charge in [-0.25, -0.2) is 0 Å². The van der Waals surface area contributed by atoms with Crippen LogP contribution in [0, 0.1) is 11.8 Å². The van der Waals surface area contributed by atoms with Crippen LogP contribution in [0.1, 0.15) is 33.6 Å². The molecule has 1 aromatic rings. The SMILES string of the molecule is CC.CC#CCNC(=O)CCC(=O)Nc1ccccc1. The van der Waals surface area contributed by atoms with Crippen LogP contribution in [0.25, 0.3) is 0 Å². The summed E-state index contributed by atoms with van der Waals surface area (Å²) in [5, 5.41) is 5.33. The predicted octanol–water partition coefficient (Wildman–Crippen LogP) is 2.57. The lowest BCUT2D eigenvalue weighted by Crippen LogP contribution is -2.25. The first-order valence-electron chi connectivity index (χ1n) is 6.73. The number of amides is 2. The van der Waals surface area contributed by atoms with Gasteiger partial charge in [-0.05, 0) is 19.1 Å². The van der Waals surface area contributed by atoms with Crippen molar-refractivity contribution in [2.75, 3.05) is 11.9 Å². The first-order valence-corrected chi connectivity index (χ1v) is 6.73. The van der Waals surface area contributed by atoms with E-state index >= 15 is 0 Å². The minimum Gasteiger partial charge on any atom is -0.345 e. The molecule has 0 aliphatic heterocycles. The van der Waals surface area contributed by atoms with Gasteiger partial charge >= 0.3 is 0 Å². The van der Waals surface area contributed by atoms with Crippen LogP contribution in [0.15, 0.2) is 30.3 Å². The fraction of sp³-hybridized carbons (Fsp3) is 0.375. The lowest BCUT2D eigenvalue weighted by molar-refractivity contribution is -0.124. The van der Waals surface area contributed by atoms with E-state index in [4.69, 9.17) is 0 Å². The number of nitrogens with one attached hydrogen (secondary N) is 2. The summed E-state index contributed by atoms with van der Waals surface area (Å²) in [6, 6.07) is 9.15. The van der Waals surface area contributed by atoms with E-state index in [0.29, 0.717) is 6.54 Å². The molecule has 20 heavy (non-hydrogen) atoms. The van der Waals surface area contributed by atoms with E-state index in [9.17, 15) is 9.59 Å². The lowest BCUT2D eigenvalue weighted by atomic mass is 10.2. The van der Waals surface area contributed by atoms with E-state index in [-0.39, 0.29) is 24.7 Å². The number of carbonyl (C=O) groups is 2. The largest absolute Gasteiger partial charge is 0.345 e. The molecule has 1 rings (SSSR count). The molecule has 0 aromatic heterocycles. The zero-order valence-electron chi connectivity index (χ0n) is 12.3. The van der Waals surface area contributed by atoms with Crippen LogP contribution in [-0.4, -0.2) is 18.4 Å². The van der Waals surface area contributed by atoms with E-state index in [2.05, 4.69) is 22.5 Å². The van der Waals surface area contributed by atoms with Crippen LogP contribution in [0.2, 0.25) is 0 Å². The third kappa shape index (κ3) is 8.76. The van der Waals surface area contributed by atoms with Gasteiger partial charge in [-0.2, -0.15) is 0 Å². The van der Waals surface area contributed by atoms with E-state index in [1.807, 2.05) is 32.0 Å². The number of benzene rings is 1. The maximum Gasteiger partial charge on any atom is 0.224 e. The van der Waals surface area contributed by atoms with E-state index < -0.39 is 0 Å². The molecule has 4 heteroatoms. The number of anilines is 1. The summed E-state index contributed by atoms with van der Waals surface area (Å²) >= 11 is 0. The summed E-state index contributed by atoms with van der Waals surface area (Å²) < 4.78 is 0. The van der Waals surface area contributed by atoms with Crippen LogP contribution < -0.4 is 10.6 Å². The van der Waals surface area contributed by atoms with Gasteiger partial charge in [-0.3, -0.25) is 9.59 Å². The van der Waals surface area contributed by atoms with Gasteiger partial charge in [0.2, 0.25) is 11.8 Å². The molecule has 2 amide bonds. The van der Waals surface area contributed by atoms with Gasteiger partial charge in [0.25, 0.3) is 0 Å². The topological polar surface area (TPSA) is 58.2 Å². The molecular weight excluding hydrogens is 252 g/mol. The monoisotopic (exact) mass is 274 g/mol. The number of rotatable bonds is 5. The summed E-state index contributed by atoms with van der Waals surface area (Å²) in [6.45, 7) is 6.04. The standard InChI is InChI=1S/C14H16N2O2.C2H6/c1-2-3-11-15-13(17)9-10-14(18)16-12-7-5-4-6-8-12;1-2/h4-8H,9-11H2,1H3,(H,15,17)(H,16,18);1-2H3. The van der Waals surface area contributed by atoms with Gasteiger partial charge in [0.1, 0.15) is 0 Å². The maximum atomic E-state index is 11.5. The highest BCUT2D eigenvalue weighted by molar-refractivity contribution is 5.93. The summed E-state index contributed by atoms with van der Waals surface area (Å²) in [5.74, 6) is 5.07. The molecule has 0 saturated heterocycles. The highest BCUT2D eigenvalue weighted by Gasteiger charge is 2.06. The molecule has 0 saturated carbocycles. The van der Waals surface area contributed by atoms with Crippen LogP contribution in [-0.2, 0) is 9.59 Å². The molecular formula is C16H22N2O2. The second kappa shape index (κ2) is 11.8. The third-order valence-electron chi connectivity index (χ3n) is 2.19. The fourth-order valence-corrected chi connectivity index (χ4v) is 1.29. The van der Waals surface area contributed by atoms with E-state index in [1.54, 1.807) is 19.1 Å². The Morgan fingerprint density at radius 1 is 1.05 bits per heavy atom. The average molecular weight is 274 g/mol. The molecule has 1 aromatic carbocycles. The van der Waals surface area contributed by atoms with Gasteiger partial charge < -0.3 is 10.6 Å². The normalized spacial score (nSPS) is 8.35. The Kier molecular flexibility index (Phi) is 10.4. The second-order valence-electron chi connectivity index (χ2n) is 3.62. The molecule has 0 atom stereocenters. The van der Waals surface area contributed by atoms with Crippen LogP contribution >= 0.6 is 0 Å².